The molecule has 1 aromatic rings. The Morgan fingerprint density at radius 1 is 1.14 bits per heavy atom. The monoisotopic (exact) mass is 287 g/mol. The minimum atomic E-state index is -0.456. The van der Waals surface area contributed by atoms with Gasteiger partial charge in [0.1, 0.15) is 0 Å². The summed E-state index contributed by atoms with van der Waals surface area (Å²) >= 11 is 0. The van der Waals surface area contributed by atoms with E-state index >= 15 is 0 Å². The summed E-state index contributed by atoms with van der Waals surface area (Å²) in [7, 11) is 0. The van der Waals surface area contributed by atoms with Crippen LogP contribution in [-0.2, 0) is 12.8 Å². The minimum absolute atomic E-state index is 0.456. The van der Waals surface area contributed by atoms with Gasteiger partial charge in [-0.15, -0.1) is 0 Å². The normalized spacial score (nSPS) is 32.7. The van der Waals surface area contributed by atoms with Gasteiger partial charge in [0.2, 0.25) is 0 Å². The maximum atomic E-state index is 10.7. The van der Waals surface area contributed by atoms with Gasteiger partial charge in [0.25, 0.3) is 0 Å². The molecule has 1 unspecified atom stereocenters. The second-order valence-electron chi connectivity index (χ2n) is 7.17. The summed E-state index contributed by atoms with van der Waals surface area (Å²) in [6.45, 7) is 3.04. The first-order valence-corrected chi connectivity index (χ1v) is 8.71. The van der Waals surface area contributed by atoms with Crippen LogP contribution in [0.25, 0.3) is 0 Å². The van der Waals surface area contributed by atoms with Crippen molar-refractivity contribution in [1.29, 1.82) is 0 Å². The van der Waals surface area contributed by atoms with E-state index in [1.165, 1.54) is 43.2 Å². The Labute approximate surface area is 129 Å². The van der Waals surface area contributed by atoms with Crippen LogP contribution >= 0.6 is 0 Å². The largest absolute Gasteiger partial charge is 0.389 e. The Hall–Kier alpha value is -0.860. The van der Waals surface area contributed by atoms with Crippen LogP contribution in [0.3, 0.4) is 0 Å². The van der Waals surface area contributed by atoms with E-state index in [0.29, 0.717) is 6.04 Å². The van der Waals surface area contributed by atoms with Crippen LogP contribution in [0, 0.1) is 5.92 Å². The summed E-state index contributed by atoms with van der Waals surface area (Å²) in [6.07, 6.45) is 9.09. The first-order chi connectivity index (χ1) is 10.2. The predicted octanol–water partition coefficient (Wildman–Crippen LogP) is 3.46. The van der Waals surface area contributed by atoms with Crippen molar-refractivity contribution in [2.24, 2.45) is 5.92 Å². The van der Waals surface area contributed by atoms with Gasteiger partial charge in [0.15, 0.2) is 0 Å². The van der Waals surface area contributed by atoms with Crippen molar-refractivity contribution in [3.05, 3.63) is 35.4 Å². The highest BCUT2D eigenvalue weighted by Gasteiger charge is 2.33. The third-order valence-corrected chi connectivity index (χ3v) is 5.68. The second kappa shape index (κ2) is 6.50. The van der Waals surface area contributed by atoms with E-state index in [9.17, 15) is 5.11 Å². The summed E-state index contributed by atoms with van der Waals surface area (Å²) in [6, 6.07) is 9.32. The molecule has 2 aliphatic carbocycles. The van der Waals surface area contributed by atoms with Gasteiger partial charge in [-0.25, -0.2) is 0 Å². The standard InChI is InChI=1S/C19H29NO/c1-2-15-9-11-19(21,12-10-15)14-20-18-8-7-16-5-3-4-6-17(16)13-18/h3-6,15,18,20-21H,2,7-14H2,1H3. The Morgan fingerprint density at radius 3 is 2.57 bits per heavy atom. The van der Waals surface area contributed by atoms with E-state index in [4.69, 9.17) is 0 Å². The van der Waals surface area contributed by atoms with Gasteiger partial charge in [-0.3, -0.25) is 0 Å². The van der Waals surface area contributed by atoms with Gasteiger partial charge in [-0.1, -0.05) is 37.6 Å². The van der Waals surface area contributed by atoms with E-state index in [2.05, 4.69) is 36.5 Å². The average molecular weight is 287 g/mol. The number of nitrogens with one attached hydrogen (secondary N) is 1. The Balaban J connectivity index is 1.50. The molecule has 0 spiro atoms. The van der Waals surface area contributed by atoms with E-state index in [1.54, 1.807) is 0 Å². The molecule has 2 nitrogen and oxygen atoms in total. The lowest BCUT2D eigenvalue weighted by Gasteiger charge is -2.37. The summed E-state index contributed by atoms with van der Waals surface area (Å²) in [5.41, 5.74) is 2.54. The van der Waals surface area contributed by atoms with Crippen LogP contribution in [0.15, 0.2) is 24.3 Å². The van der Waals surface area contributed by atoms with Crippen LogP contribution in [0.5, 0.6) is 0 Å². The maximum absolute atomic E-state index is 10.7. The van der Waals surface area contributed by atoms with Gasteiger partial charge < -0.3 is 10.4 Å². The molecule has 1 saturated carbocycles. The lowest BCUT2D eigenvalue weighted by atomic mass is 9.77. The molecule has 1 fully saturated rings. The van der Waals surface area contributed by atoms with Crippen molar-refractivity contribution in [2.75, 3.05) is 6.54 Å². The van der Waals surface area contributed by atoms with Crippen molar-refractivity contribution in [2.45, 2.75) is 69.9 Å². The zero-order valence-electron chi connectivity index (χ0n) is 13.3. The number of hydrogen-bond acceptors (Lipinski definition) is 2. The molecule has 2 heteroatoms. The molecule has 1 aromatic carbocycles. The fourth-order valence-electron chi connectivity index (χ4n) is 4.01. The molecular formula is C19H29NO. The quantitative estimate of drug-likeness (QED) is 0.889. The fourth-order valence-corrected chi connectivity index (χ4v) is 4.01. The van der Waals surface area contributed by atoms with Crippen molar-refractivity contribution in [3.63, 3.8) is 0 Å². The lowest BCUT2D eigenvalue weighted by Crippen LogP contribution is -2.47. The molecule has 2 N–H and O–H groups in total. The first-order valence-electron chi connectivity index (χ1n) is 8.71. The smallest absolute Gasteiger partial charge is 0.0771 e. The molecule has 0 amide bonds. The Morgan fingerprint density at radius 2 is 1.86 bits per heavy atom. The molecule has 0 heterocycles. The van der Waals surface area contributed by atoms with Gasteiger partial charge in [0.05, 0.1) is 5.60 Å². The summed E-state index contributed by atoms with van der Waals surface area (Å²) in [5, 5.41) is 14.4. The zero-order chi connectivity index (χ0) is 14.7. The highest BCUT2D eigenvalue weighted by atomic mass is 16.3. The number of aryl methyl sites for hydroxylation is 1. The molecule has 0 aromatic heterocycles. The molecule has 116 valence electrons. The van der Waals surface area contributed by atoms with E-state index in [-0.39, 0.29) is 0 Å². The Bertz CT molecular complexity index is 462. The van der Waals surface area contributed by atoms with Crippen molar-refractivity contribution >= 4 is 0 Å². The molecular weight excluding hydrogens is 258 g/mol. The van der Waals surface area contributed by atoms with E-state index < -0.39 is 5.60 Å². The molecule has 0 radical (unpaired) electrons. The van der Waals surface area contributed by atoms with Gasteiger partial charge >= 0.3 is 0 Å². The van der Waals surface area contributed by atoms with Crippen LogP contribution in [0.2, 0.25) is 0 Å². The second-order valence-corrected chi connectivity index (χ2v) is 7.17. The van der Waals surface area contributed by atoms with E-state index in [1.807, 2.05) is 0 Å². The molecule has 3 rings (SSSR count). The molecule has 21 heavy (non-hydrogen) atoms. The zero-order valence-corrected chi connectivity index (χ0v) is 13.3. The number of rotatable bonds is 4. The van der Waals surface area contributed by atoms with Crippen molar-refractivity contribution in [3.8, 4) is 0 Å². The first kappa shape index (κ1) is 15.1. The van der Waals surface area contributed by atoms with Crippen molar-refractivity contribution in [1.82, 2.24) is 5.32 Å². The average Bonchev–Trinajstić information content (AvgIpc) is 2.54. The topological polar surface area (TPSA) is 32.3 Å². The molecule has 0 bridgehead atoms. The third-order valence-electron chi connectivity index (χ3n) is 5.68. The molecule has 1 atom stereocenters. The summed E-state index contributed by atoms with van der Waals surface area (Å²) in [5.74, 6) is 0.840. The number of fused-ring (bicyclic) bond motifs is 1. The summed E-state index contributed by atoms with van der Waals surface area (Å²) in [4.78, 5) is 0. The maximum Gasteiger partial charge on any atom is 0.0771 e. The minimum Gasteiger partial charge on any atom is -0.389 e. The molecule has 0 aliphatic heterocycles. The van der Waals surface area contributed by atoms with Gasteiger partial charge in [0, 0.05) is 12.6 Å². The van der Waals surface area contributed by atoms with Crippen LogP contribution in [-0.4, -0.2) is 23.3 Å². The van der Waals surface area contributed by atoms with Gasteiger partial charge in [-0.2, -0.15) is 0 Å². The molecule has 2 aliphatic rings. The molecule has 0 saturated heterocycles. The Kier molecular flexibility index (Phi) is 4.66. The highest BCUT2D eigenvalue weighted by Crippen LogP contribution is 2.33. The number of hydrogen-bond donors (Lipinski definition) is 2. The fraction of sp³-hybridized carbons (Fsp3) is 0.684. The van der Waals surface area contributed by atoms with Crippen LogP contribution in [0.4, 0.5) is 0 Å². The van der Waals surface area contributed by atoms with E-state index in [0.717, 1.165) is 31.7 Å². The predicted molar refractivity (Wildman–Crippen MR) is 87.5 cm³/mol. The van der Waals surface area contributed by atoms with Gasteiger partial charge in [-0.05, 0) is 62.0 Å². The highest BCUT2D eigenvalue weighted by molar-refractivity contribution is 5.30. The van der Waals surface area contributed by atoms with Crippen LogP contribution in [0.1, 0.15) is 56.6 Å². The number of aliphatic hydroxyl groups is 1. The van der Waals surface area contributed by atoms with Crippen LogP contribution < -0.4 is 5.32 Å². The SMILES string of the molecule is CCC1CCC(O)(CNC2CCc3ccccc3C2)CC1. The third kappa shape index (κ3) is 3.67. The summed E-state index contributed by atoms with van der Waals surface area (Å²) < 4.78 is 0. The van der Waals surface area contributed by atoms with Crippen molar-refractivity contribution < 1.29 is 5.11 Å². The number of benzene rings is 1. The lowest BCUT2D eigenvalue weighted by molar-refractivity contribution is -0.0109.